The van der Waals surface area contributed by atoms with Crippen LogP contribution in [0.1, 0.15) is 11.4 Å². The zero-order valence-corrected chi connectivity index (χ0v) is 9.27. The topological polar surface area (TPSA) is 86.2 Å². The standard InChI is InChI=1S/C12H12N2O3/c1-7-10(6-11(16)17)14-12(13-7)8-2-4-9(15)5-3-8/h2-5,15H,6H2,1H3,(H,13,14)(H,16,17). The number of phenols is 1. The van der Waals surface area contributed by atoms with E-state index in [1.807, 2.05) is 0 Å². The number of nitrogens with one attached hydrogen (secondary N) is 1. The van der Waals surface area contributed by atoms with Crippen molar-refractivity contribution < 1.29 is 15.0 Å². The molecule has 0 fully saturated rings. The Labute approximate surface area is 97.8 Å². The molecule has 0 atom stereocenters. The molecule has 0 spiro atoms. The average molecular weight is 232 g/mol. The molecule has 1 heterocycles. The molecule has 3 N–H and O–H groups in total. The maximum absolute atomic E-state index is 10.6. The number of nitrogens with zero attached hydrogens (tertiary/aromatic N) is 1. The second-order valence-corrected chi connectivity index (χ2v) is 3.77. The average Bonchev–Trinajstić information content (AvgIpc) is 2.60. The van der Waals surface area contributed by atoms with E-state index in [1.54, 1.807) is 31.2 Å². The molecule has 0 unspecified atom stereocenters. The molecule has 0 amide bonds. The summed E-state index contributed by atoms with van der Waals surface area (Å²) in [6.45, 7) is 1.79. The Kier molecular flexibility index (Phi) is 2.82. The number of imidazole rings is 1. The zero-order chi connectivity index (χ0) is 12.4. The number of carboxylic acids is 1. The SMILES string of the molecule is Cc1[nH]c(-c2ccc(O)cc2)nc1CC(=O)O. The lowest BCUT2D eigenvalue weighted by atomic mass is 10.2. The molecule has 88 valence electrons. The van der Waals surface area contributed by atoms with E-state index in [1.165, 1.54) is 0 Å². The smallest absolute Gasteiger partial charge is 0.309 e. The second-order valence-electron chi connectivity index (χ2n) is 3.77. The molecule has 0 aliphatic heterocycles. The number of H-pyrrole nitrogens is 1. The first kappa shape index (κ1) is 11.2. The van der Waals surface area contributed by atoms with Gasteiger partial charge >= 0.3 is 5.97 Å². The maximum atomic E-state index is 10.6. The Morgan fingerprint density at radius 1 is 1.35 bits per heavy atom. The quantitative estimate of drug-likeness (QED) is 0.752. The summed E-state index contributed by atoms with van der Waals surface area (Å²) in [6, 6.07) is 6.56. The molecule has 5 heteroatoms. The highest BCUT2D eigenvalue weighted by atomic mass is 16.4. The van der Waals surface area contributed by atoms with E-state index in [0.29, 0.717) is 11.5 Å². The van der Waals surface area contributed by atoms with Gasteiger partial charge < -0.3 is 15.2 Å². The van der Waals surface area contributed by atoms with Gasteiger partial charge in [0.25, 0.3) is 0 Å². The van der Waals surface area contributed by atoms with Crippen LogP contribution in [0.15, 0.2) is 24.3 Å². The first-order valence-corrected chi connectivity index (χ1v) is 5.13. The van der Waals surface area contributed by atoms with Crippen molar-refractivity contribution in [1.82, 2.24) is 9.97 Å². The van der Waals surface area contributed by atoms with Gasteiger partial charge in [-0.1, -0.05) is 0 Å². The van der Waals surface area contributed by atoms with Crippen LogP contribution in [0.4, 0.5) is 0 Å². The fraction of sp³-hybridized carbons (Fsp3) is 0.167. The Balaban J connectivity index is 2.34. The number of phenolic OH excluding ortho intramolecular Hbond substituents is 1. The normalized spacial score (nSPS) is 10.4. The van der Waals surface area contributed by atoms with E-state index >= 15 is 0 Å². The summed E-state index contributed by atoms with van der Waals surface area (Å²) in [6.07, 6.45) is -0.0968. The number of carboxylic acid groups (broad SMARTS) is 1. The van der Waals surface area contributed by atoms with E-state index in [-0.39, 0.29) is 12.2 Å². The van der Waals surface area contributed by atoms with Crippen molar-refractivity contribution >= 4 is 5.97 Å². The van der Waals surface area contributed by atoms with Crippen LogP contribution in [0.3, 0.4) is 0 Å². The van der Waals surface area contributed by atoms with Crippen LogP contribution in [0.5, 0.6) is 5.75 Å². The number of aliphatic carboxylic acids is 1. The molecule has 0 aliphatic carbocycles. The highest BCUT2D eigenvalue weighted by Gasteiger charge is 2.11. The van der Waals surface area contributed by atoms with Crippen molar-refractivity contribution in [3.05, 3.63) is 35.7 Å². The second kappa shape index (κ2) is 4.29. The van der Waals surface area contributed by atoms with Crippen molar-refractivity contribution in [2.24, 2.45) is 0 Å². The molecule has 1 aromatic carbocycles. The Bertz CT molecular complexity index is 543. The number of aromatic amines is 1. The number of aromatic hydroxyl groups is 1. The predicted molar refractivity (Wildman–Crippen MR) is 61.8 cm³/mol. The van der Waals surface area contributed by atoms with Gasteiger partial charge in [-0.3, -0.25) is 4.79 Å². The van der Waals surface area contributed by atoms with Crippen molar-refractivity contribution in [2.75, 3.05) is 0 Å². The van der Waals surface area contributed by atoms with Crippen molar-refractivity contribution in [2.45, 2.75) is 13.3 Å². The minimum absolute atomic E-state index is 0.0968. The number of hydrogen-bond donors (Lipinski definition) is 3. The summed E-state index contributed by atoms with van der Waals surface area (Å²) in [4.78, 5) is 17.9. The lowest BCUT2D eigenvalue weighted by Gasteiger charge is -1.96. The van der Waals surface area contributed by atoms with Crippen LogP contribution in [-0.2, 0) is 11.2 Å². The summed E-state index contributed by atoms with van der Waals surface area (Å²) in [7, 11) is 0. The fourth-order valence-electron chi connectivity index (χ4n) is 1.57. The van der Waals surface area contributed by atoms with Gasteiger partial charge in [-0.05, 0) is 31.2 Å². The third-order valence-electron chi connectivity index (χ3n) is 2.44. The monoisotopic (exact) mass is 232 g/mol. The molecule has 1 aromatic heterocycles. The van der Waals surface area contributed by atoms with Crippen molar-refractivity contribution in [1.29, 1.82) is 0 Å². The molecule has 5 nitrogen and oxygen atoms in total. The van der Waals surface area contributed by atoms with Crippen molar-refractivity contribution in [3.63, 3.8) is 0 Å². The number of hydrogen-bond acceptors (Lipinski definition) is 3. The van der Waals surface area contributed by atoms with Gasteiger partial charge in [0, 0.05) is 11.3 Å². The molecule has 2 rings (SSSR count). The number of aromatic nitrogens is 2. The molecular formula is C12H12N2O3. The summed E-state index contributed by atoms with van der Waals surface area (Å²) in [5, 5.41) is 17.9. The van der Waals surface area contributed by atoms with E-state index in [9.17, 15) is 9.90 Å². The van der Waals surface area contributed by atoms with Crippen LogP contribution < -0.4 is 0 Å². The molecule has 0 radical (unpaired) electrons. The third kappa shape index (κ3) is 2.44. The molecule has 17 heavy (non-hydrogen) atoms. The highest BCUT2D eigenvalue weighted by molar-refractivity contribution is 5.70. The lowest BCUT2D eigenvalue weighted by Crippen LogP contribution is -2.01. The Hall–Kier alpha value is -2.30. The Morgan fingerprint density at radius 3 is 2.59 bits per heavy atom. The molecule has 0 bridgehead atoms. The van der Waals surface area contributed by atoms with Gasteiger partial charge in [-0.25, -0.2) is 4.98 Å². The summed E-state index contributed by atoms with van der Waals surface area (Å²) in [5.74, 6) is -0.113. The van der Waals surface area contributed by atoms with E-state index in [4.69, 9.17) is 5.11 Å². The van der Waals surface area contributed by atoms with E-state index in [0.717, 1.165) is 11.3 Å². The third-order valence-corrected chi connectivity index (χ3v) is 2.44. The molecule has 0 saturated heterocycles. The molecule has 0 saturated carbocycles. The number of aryl methyl sites for hydroxylation is 1. The Morgan fingerprint density at radius 2 is 2.00 bits per heavy atom. The largest absolute Gasteiger partial charge is 0.508 e. The first-order valence-electron chi connectivity index (χ1n) is 5.13. The molecular weight excluding hydrogens is 220 g/mol. The van der Waals surface area contributed by atoms with Gasteiger partial charge in [-0.2, -0.15) is 0 Å². The lowest BCUT2D eigenvalue weighted by molar-refractivity contribution is -0.136. The zero-order valence-electron chi connectivity index (χ0n) is 9.27. The van der Waals surface area contributed by atoms with Crippen LogP contribution in [0, 0.1) is 6.92 Å². The molecule has 0 aliphatic rings. The summed E-state index contributed by atoms with van der Waals surface area (Å²) in [5.41, 5.74) is 2.08. The van der Waals surface area contributed by atoms with E-state index in [2.05, 4.69) is 9.97 Å². The maximum Gasteiger partial charge on any atom is 0.309 e. The van der Waals surface area contributed by atoms with Crippen LogP contribution >= 0.6 is 0 Å². The summed E-state index contributed by atoms with van der Waals surface area (Å²) >= 11 is 0. The fourth-order valence-corrected chi connectivity index (χ4v) is 1.57. The predicted octanol–water partition coefficient (Wildman–Crippen LogP) is 1.72. The van der Waals surface area contributed by atoms with Gasteiger partial charge in [0.05, 0.1) is 12.1 Å². The van der Waals surface area contributed by atoms with Gasteiger partial charge in [0.1, 0.15) is 11.6 Å². The number of benzene rings is 1. The van der Waals surface area contributed by atoms with Crippen LogP contribution in [0.2, 0.25) is 0 Å². The molecule has 2 aromatic rings. The van der Waals surface area contributed by atoms with Crippen LogP contribution in [-0.4, -0.2) is 26.2 Å². The van der Waals surface area contributed by atoms with Gasteiger partial charge in [0.2, 0.25) is 0 Å². The minimum Gasteiger partial charge on any atom is -0.508 e. The van der Waals surface area contributed by atoms with Gasteiger partial charge in [0.15, 0.2) is 0 Å². The van der Waals surface area contributed by atoms with Crippen molar-refractivity contribution in [3.8, 4) is 17.1 Å². The number of rotatable bonds is 3. The van der Waals surface area contributed by atoms with Crippen LogP contribution in [0.25, 0.3) is 11.4 Å². The summed E-state index contributed by atoms with van der Waals surface area (Å²) < 4.78 is 0. The first-order chi connectivity index (χ1) is 8.06. The highest BCUT2D eigenvalue weighted by Crippen LogP contribution is 2.20. The van der Waals surface area contributed by atoms with E-state index < -0.39 is 5.97 Å². The number of carbonyl (C=O) groups is 1. The van der Waals surface area contributed by atoms with Gasteiger partial charge in [-0.15, -0.1) is 0 Å². The minimum atomic E-state index is -0.906.